The molecule has 1 amide bonds. The van der Waals surface area contributed by atoms with Crippen LogP contribution in [0.4, 0.5) is 11.6 Å². The van der Waals surface area contributed by atoms with E-state index in [9.17, 15) is 4.79 Å². The Balaban J connectivity index is 1.83. The molecule has 1 fully saturated rings. The Bertz CT molecular complexity index is 804. The fourth-order valence-electron chi connectivity index (χ4n) is 3.55. The highest BCUT2D eigenvalue weighted by Crippen LogP contribution is 2.33. The highest BCUT2D eigenvalue weighted by Gasteiger charge is 2.30. The maximum atomic E-state index is 12.5. The first-order valence-electron chi connectivity index (χ1n) is 9.32. The molecule has 0 spiro atoms. The molecule has 7 heteroatoms. The molecule has 0 aromatic carbocycles. The second kappa shape index (κ2) is 8.43. The van der Waals surface area contributed by atoms with Crippen LogP contribution in [-0.4, -0.2) is 46.0 Å². The predicted molar refractivity (Wildman–Crippen MR) is 104 cm³/mol. The lowest BCUT2D eigenvalue weighted by Gasteiger charge is -2.25. The molecular formula is C20H27N5O2. The third-order valence-electron chi connectivity index (χ3n) is 4.65. The second-order valence-electron chi connectivity index (χ2n) is 7.01. The van der Waals surface area contributed by atoms with E-state index < -0.39 is 0 Å². The first kappa shape index (κ1) is 19.2. The SMILES string of the molecule is COCCC(=O)N1CCC[C@@H]1c1cc(Nc2nc(C)cc(C)n2)cc(C)n1. The third-order valence-corrected chi connectivity index (χ3v) is 4.65. The highest BCUT2D eigenvalue weighted by molar-refractivity contribution is 5.77. The van der Waals surface area contributed by atoms with E-state index in [4.69, 9.17) is 9.72 Å². The molecule has 1 N–H and O–H groups in total. The van der Waals surface area contributed by atoms with Gasteiger partial charge in [0.25, 0.3) is 0 Å². The van der Waals surface area contributed by atoms with Crippen molar-refractivity contribution in [2.45, 2.75) is 46.1 Å². The van der Waals surface area contributed by atoms with Crippen LogP contribution in [0.25, 0.3) is 0 Å². The summed E-state index contributed by atoms with van der Waals surface area (Å²) in [7, 11) is 1.61. The summed E-state index contributed by atoms with van der Waals surface area (Å²) in [4.78, 5) is 28.0. The first-order valence-corrected chi connectivity index (χ1v) is 9.32. The Morgan fingerprint density at radius 2 is 1.85 bits per heavy atom. The fraction of sp³-hybridized carbons (Fsp3) is 0.500. The van der Waals surface area contributed by atoms with E-state index in [1.54, 1.807) is 7.11 Å². The zero-order chi connectivity index (χ0) is 19.4. The highest BCUT2D eigenvalue weighted by atomic mass is 16.5. The number of ether oxygens (including phenoxy) is 1. The Labute approximate surface area is 160 Å². The summed E-state index contributed by atoms with van der Waals surface area (Å²) in [6, 6.07) is 5.92. The average molecular weight is 369 g/mol. The van der Waals surface area contributed by atoms with Crippen LogP contribution in [0.1, 0.15) is 48.1 Å². The Morgan fingerprint density at radius 1 is 1.15 bits per heavy atom. The molecule has 1 aliphatic rings. The van der Waals surface area contributed by atoms with Crippen molar-refractivity contribution in [3.63, 3.8) is 0 Å². The first-order chi connectivity index (χ1) is 13.0. The number of methoxy groups -OCH3 is 1. The zero-order valence-corrected chi connectivity index (χ0v) is 16.5. The lowest BCUT2D eigenvalue weighted by molar-refractivity contribution is -0.133. The van der Waals surface area contributed by atoms with E-state index in [2.05, 4.69) is 15.3 Å². The minimum Gasteiger partial charge on any atom is -0.384 e. The fourth-order valence-corrected chi connectivity index (χ4v) is 3.55. The maximum Gasteiger partial charge on any atom is 0.227 e. The molecule has 0 bridgehead atoms. The van der Waals surface area contributed by atoms with Gasteiger partial charge in [0.15, 0.2) is 0 Å². The van der Waals surface area contributed by atoms with Crippen LogP contribution in [0.15, 0.2) is 18.2 Å². The van der Waals surface area contributed by atoms with Crippen LogP contribution in [0.2, 0.25) is 0 Å². The van der Waals surface area contributed by atoms with E-state index >= 15 is 0 Å². The molecule has 1 saturated heterocycles. The molecule has 144 valence electrons. The summed E-state index contributed by atoms with van der Waals surface area (Å²) in [5.74, 6) is 0.693. The van der Waals surface area contributed by atoms with Gasteiger partial charge in [0.05, 0.1) is 24.8 Å². The summed E-state index contributed by atoms with van der Waals surface area (Å²) in [6.07, 6.45) is 2.32. The van der Waals surface area contributed by atoms with Crippen LogP contribution in [-0.2, 0) is 9.53 Å². The van der Waals surface area contributed by atoms with E-state index in [0.29, 0.717) is 19.0 Å². The zero-order valence-electron chi connectivity index (χ0n) is 16.5. The van der Waals surface area contributed by atoms with Crippen molar-refractivity contribution in [2.75, 3.05) is 25.6 Å². The van der Waals surface area contributed by atoms with E-state index in [0.717, 1.165) is 47.8 Å². The number of hydrogen-bond donors (Lipinski definition) is 1. The molecule has 1 atom stereocenters. The number of pyridine rings is 1. The lowest BCUT2D eigenvalue weighted by Crippen LogP contribution is -2.31. The standard InChI is InChI=1S/C20H27N5O2/c1-13-10-14(2)23-20(22-13)24-16-11-15(3)21-17(12-16)18-6-5-8-25(18)19(26)7-9-27-4/h10-12,18H,5-9H2,1-4H3,(H,21,22,23,24)/t18-/m1/s1. The maximum absolute atomic E-state index is 12.5. The van der Waals surface area contributed by atoms with Crippen molar-refractivity contribution < 1.29 is 9.53 Å². The number of carbonyl (C=O) groups excluding carboxylic acids is 1. The van der Waals surface area contributed by atoms with Crippen molar-refractivity contribution in [1.29, 1.82) is 0 Å². The van der Waals surface area contributed by atoms with Crippen LogP contribution in [0.3, 0.4) is 0 Å². The van der Waals surface area contributed by atoms with Gasteiger partial charge < -0.3 is 15.0 Å². The van der Waals surface area contributed by atoms with Gasteiger partial charge in [0.2, 0.25) is 11.9 Å². The van der Waals surface area contributed by atoms with E-state index in [-0.39, 0.29) is 11.9 Å². The predicted octanol–water partition coefficient (Wildman–Crippen LogP) is 3.24. The summed E-state index contributed by atoms with van der Waals surface area (Å²) < 4.78 is 5.05. The number of amides is 1. The van der Waals surface area contributed by atoms with Gasteiger partial charge >= 0.3 is 0 Å². The van der Waals surface area contributed by atoms with Gasteiger partial charge in [-0.05, 0) is 51.8 Å². The second-order valence-corrected chi connectivity index (χ2v) is 7.01. The number of rotatable bonds is 6. The van der Waals surface area contributed by atoms with Crippen molar-refractivity contribution in [3.8, 4) is 0 Å². The smallest absolute Gasteiger partial charge is 0.227 e. The summed E-state index contributed by atoms with van der Waals surface area (Å²) in [5.41, 5.74) is 4.53. The molecule has 1 aliphatic heterocycles. The van der Waals surface area contributed by atoms with Crippen molar-refractivity contribution >= 4 is 17.5 Å². The molecule has 2 aromatic heterocycles. The monoisotopic (exact) mass is 369 g/mol. The Kier molecular flexibility index (Phi) is 6.01. The largest absolute Gasteiger partial charge is 0.384 e. The number of anilines is 2. The summed E-state index contributed by atoms with van der Waals surface area (Å²) in [6.45, 7) is 7.07. The number of carbonyl (C=O) groups is 1. The molecule has 3 heterocycles. The van der Waals surface area contributed by atoms with E-state index in [1.807, 2.05) is 43.9 Å². The molecular weight excluding hydrogens is 342 g/mol. The number of hydrogen-bond acceptors (Lipinski definition) is 6. The van der Waals surface area contributed by atoms with Crippen molar-refractivity contribution in [2.24, 2.45) is 0 Å². The van der Waals surface area contributed by atoms with Gasteiger partial charge in [-0.25, -0.2) is 9.97 Å². The van der Waals surface area contributed by atoms with Crippen LogP contribution >= 0.6 is 0 Å². The summed E-state index contributed by atoms with van der Waals surface area (Å²) in [5, 5.41) is 3.28. The van der Waals surface area contributed by atoms with Gasteiger partial charge in [-0.15, -0.1) is 0 Å². The Morgan fingerprint density at radius 3 is 2.56 bits per heavy atom. The number of nitrogens with zero attached hydrogens (tertiary/aromatic N) is 4. The normalized spacial score (nSPS) is 16.6. The number of nitrogens with one attached hydrogen (secondary N) is 1. The summed E-state index contributed by atoms with van der Waals surface area (Å²) >= 11 is 0. The van der Waals surface area contributed by atoms with Gasteiger partial charge in [-0.2, -0.15) is 0 Å². The minimum atomic E-state index is 0.00923. The van der Waals surface area contributed by atoms with E-state index in [1.165, 1.54) is 0 Å². The van der Waals surface area contributed by atoms with Crippen molar-refractivity contribution in [1.82, 2.24) is 19.9 Å². The molecule has 0 unspecified atom stereocenters. The average Bonchev–Trinajstić information content (AvgIpc) is 3.08. The van der Waals surface area contributed by atoms with Gasteiger partial charge in [0.1, 0.15) is 0 Å². The quantitative estimate of drug-likeness (QED) is 0.842. The molecule has 0 radical (unpaired) electrons. The number of likely N-dealkylation sites (tertiary alicyclic amines) is 1. The number of aromatic nitrogens is 3. The molecule has 2 aromatic rings. The molecule has 3 rings (SSSR count). The Hall–Kier alpha value is -2.54. The molecule has 0 saturated carbocycles. The van der Waals surface area contributed by atoms with Crippen molar-refractivity contribution in [3.05, 3.63) is 41.0 Å². The van der Waals surface area contributed by atoms with Crippen LogP contribution < -0.4 is 5.32 Å². The van der Waals surface area contributed by atoms with Crippen LogP contribution in [0.5, 0.6) is 0 Å². The molecule has 7 nitrogen and oxygen atoms in total. The minimum absolute atomic E-state index is 0.00923. The molecule has 27 heavy (non-hydrogen) atoms. The molecule has 0 aliphatic carbocycles. The lowest BCUT2D eigenvalue weighted by atomic mass is 10.1. The number of aryl methyl sites for hydroxylation is 3. The van der Waals surface area contributed by atoms with Gasteiger partial charge in [0, 0.05) is 36.4 Å². The topological polar surface area (TPSA) is 80.2 Å². The van der Waals surface area contributed by atoms with Gasteiger partial charge in [-0.3, -0.25) is 9.78 Å². The van der Waals surface area contributed by atoms with Crippen LogP contribution in [0, 0.1) is 20.8 Å². The van der Waals surface area contributed by atoms with Gasteiger partial charge in [-0.1, -0.05) is 0 Å². The third kappa shape index (κ3) is 4.80.